The highest BCUT2D eigenvalue weighted by Crippen LogP contribution is 2.38. The fraction of sp³-hybridized carbons (Fsp3) is 0.273. The van der Waals surface area contributed by atoms with Crippen LogP contribution in [0.25, 0.3) is 10.9 Å². The second-order valence-corrected chi connectivity index (χ2v) is 7.41. The highest BCUT2D eigenvalue weighted by molar-refractivity contribution is 6.22. The van der Waals surface area contributed by atoms with Gasteiger partial charge in [0.15, 0.2) is 0 Å². The third kappa shape index (κ3) is 3.70. The quantitative estimate of drug-likeness (QED) is 0.620. The average molecular weight is 415 g/mol. The summed E-state index contributed by atoms with van der Waals surface area (Å²) in [4.78, 5) is 28.9. The maximum Gasteiger partial charge on any atom is 0.418 e. The van der Waals surface area contributed by atoms with Crippen molar-refractivity contribution in [2.24, 2.45) is 0 Å². The van der Waals surface area contributed by atoms with Crippen LogP contribution in [0, 0.1) is 6.92 Å². The first kappa shape index (κ1) is 20.2. The Morgan fingerprint density at radius 2 is 1.93 bits per heavy atom. The predicted octanol–water partition coefficient (Wildman–Crippen LogP) is 3.96. The number of imide groups is 1. The van der Waals surface area contributed by atoms with Crippen LogP contribution >= 0.6 is 0 Å². The van der Waals surface area contributed by atoms with Gasteiger partial charge in [-0.3, -0.25) is 9.59 Å². The molecule has 2 amide bonds. The van der Waals surface area contributed by atoms with Crippen molar-refractivity contribution in [2.45, 2.75) is 32.0 Å². The number of fused-ring (bicyclic) bond motifs is 1. The zero-order chi connectivity index (χ0) is 21.5. The van der Waals surface area contributed by atoms with Gasteiger partial charge in [-0.25, -0.2) is 4.90 Å². The minimum atomic E-state index is -4.66. The van der Waals surface area contributed by atoms with E-state index in [0.717, 1.165) is 34.2 Å². The van der Waals surface area contributed by atoms with Crippen molar-refractivity contribution in [3.8, 4) is 0 Å². The molecule has 1 saturated heterocycles. The van der Waals surface area contributed by atoms with E-state index in [1.54, 1.807) is 0 Å². The number of H-pyrrole nitrogens is 1. The zero-order valence-corrected chi connectivity index (χ0v) is 16.2. The van der Waals surface area contributed by atoms with Gasteiger partial charge in [-0.2, -0.15) is 13.2 Å². The summed E-state index contributed by atoms with van der Waals surface area (Å²) in [5.74, 6) is -1.30. The summed E-state index contributed by atoms with van der Waals surface area (Å²) in [5, 5.41) is 4.12. The number of carbonyl (C=O) groups is 2. The van der Waals surface area contributed by atoms with Crippen molar-refractivity contribution in [3.05, 3.63) is 65.4 Å². The molecule has 1 fully saturated rings. The molecule has 1 aliphatic heterocycles. The SMILES string of the molecule is Cc1ccc2[nH]cc(CCNC3CC(=O)N(c4ccccc4C(F)(F)F)C3=O)c2c1. The normalized spacial score (nSPS) is 17.3. The van der Waals surface area contributed by atoms with Crippen molar-refractivity contribution in [3.63, 3.8) is 0 Å². The fourth-order valence-corrected chi connectivity index (χ4v) is 3.83. The number of alkyl halides is 3. The molecule has 0 radical (unpaired) electrons. The first-order chi connectivity index (χ1) is 14.3. The van der Waals surface area contributed by atoms with E-state index in [2.05, 4.69) is 16.4 Å². The number of aromatic nitrogens is 1. The predicted molar refractivity (Wildman–Crippen MR) is 107 cm³/mol. The summed E-state index contributed by atoms with van der Waals surface area (Å²) < 4.78 is 39.9. The number of para-hydroxylation sites is 1. The number of aryl methyl sites for hydroxylation is 1. The van der Waals surface area contributed by atoms with Crippen molar-refractivity contribution in [2.75, 3.05) is 11.4 Å². The van der Waals surface area contributed by atoms with E-state index in [1.165, 1.54) is 12.1 Å². The smallest absolute Gasteiger partial charge is 0.361 e. The molecule has 0 saturated carbocycles. The minimum Gasteiger partial charge on any atom is -0.361 e. The maximum atomic E-state index is 13.3. The lowest BCUT2D eigenvalue weighted by molar-refractivity contribution is -0.137. The second kappa shape index (κ2) is 7.60. The molecule has 3 aromatic rings. The van der Waals surface area contributed by atoms with Crippen LogP contribution in [-0.2, 0) is 22.2 Å². The molecule has 1 unspecified atom stereocenters. The second-order valence-electron chi connectivity index (χ2n) is 7.41. The minimum absolute atomic E-state index is 0.169. The Hall–Kier alpha value is -3.13. The molecule has 5 nitrogen and oxygen atoms in total. The van der Waals surface area contributed by atoms with Gasteiger partial charge < -0.3 is 10.3 Å². The lowest BCUT2D eigenvalue weighted by Gasteiger charge is -2.20. The van der Waals surface area contributed by atoms with Crippen LogP contribution in [-0.4, -0.2) is 29.4 Å². The fourth-order valence-electron chi connectivity index (χ4n) is 3.83. The number of benzene rings is 2. The third-order valence-electron chi connectivity index (χ3n) is 5.30. The maximum absolute atomic E-state index is 13.3. The van der Waals surface area contributed by atoms with Gasteiger partial charge in [0, 0.05) is 23.6 Å². The number of halogens is 3. The topological polar surface area (TPSA) is 65.2 Å². The molecule has 8 heteroatoms. The van der Waals surface area contributed by atoms with Crippen LogP contribution in [0.5, 0.6) is 0 Å². The molecule has 156 valence electrons. The Bertz CT molecular complexity index is 1120. The van der Waals surface area contributed by atoms with Gasteiger partial charge in [-0.1, -0.05) is 23.8 Å². The van der Waals surface area contributed by atoms with Crippen LogP contribution in [0.4, 0.5) is 18.9 Å². The Labute approximate surface area is 170 Å². The number of hydrogen-bond acceptors (Lipinski definition) is 3. The molecule has 2 heterocycles. The van der Waals surface area contributed by atoms with Gasteiger partial charge in [-0.15, -0.1) is 0 Å². The number of nitrogens with one attached hydrogen (secondary N) is 2. The van der Waals surface area contributed by atoms with Gasteiger partial charge in [0.1, 0.15) is 0 Å². The van der Waals surface area contributed by atoms with Gasteiger partial charge in [0.25, 0.3) is 5.91 Å². The number of rotatable bonds is 5. The van der Waals surface area contributed by atoms with Crippen molar-refractivity contribution in [1.29, 1.82) is 0 Å². The van der Waals surface area contributed by atoms with E-state index in [-0.39, 0.29) is 6.42 Å². The number of hydrogen-bond donors (Lipinski definition) is 2. The highest BCUT2D eigenvalue weighted by atomic mass is 19.4. The first-order valence-corrected chi connectivity index (χ1v) is 9.59. The summed E-state index contributed by atoms with van der Waals surface area (Å²) in [6.45, 7) is 2.42. The summed E-state index contributed by atoms with van der Waals surface area (Å²) in [6, 6.07) is 9.87. The van der Waals surface area contributed by atoms with E-state index in [4.69, 9.17) is 0 Å². The van der Waals surface area contributed by atoms with Gasteiger partial charge >= 0.3 is 6.18 Å². The summed E-state index contributed by atoms with van der Waals surface area (Å²) in [5.41, 5.74) is 1.79. The van der Waals surface area contributed by atoms with E-state index in [9.17, 15) is 22.8 Å². The van der Waals surface area contributed by atoms with E-state index in [1.807, 2.05) is 25.3 Å². The Balaban J connectivity index is 1.47. The van der Waals surface area contributed by atoms with E-state index < -0.39 is 35.3 Å². The number of aromatic amines is 1. The Morgan fingerprint density at radius 3 is 2.70 bits per heavy atom. The van der Waals surface area contributed by atoms with Crippen LogP contribution in [0.15, 0.2) is 48.7 Å². The molecule has 4 rings (SSSR count). The first-order valence-electron chi connectivity index (χ1n) is 9.59. The van der Waals surface area contributed by atoms with Crippen LogP contribution < -0.4 is 10.2 Å². The van der Waals surface area contributed by atoms with E-state index >= 15 is 0 Å². The third-order valence-corrected chi connectivity index (χ3v) is 5.30. The molecule has 2 N–H and O–H groups in total. The molecule has 0 bridgehead atoms. The molecule has 0 aliphatic carbocycles. The summed E-state index contributed by atoms with van der Waals surface area (Å²) >= 11 is 0. The highest BCUT2D eigenvalue weighted by Gasteiger charge is 2.43. The van der Waals surface area contributed by atoms with E-state index in [0.29, 0.717) is 17.9 Å². The Kier molecular flexibility index (Phi) is 5.11. The molecule has 0 spiro atoms. The molecule has 2 aromatic carbocycles. The number of anilines is 1. The summed E-state index contributed by atoms with van der Waals surface area (Å²) in [6.07, 6.45) is -2.31. The number of nitrogens with zero attached hydrogens (tertiary/aromatic N) is 1. The van der Waals surface area contributed by atoms with Crippen molar-refractivity contribution >= 4 is 28.4 Å². The molecular weight excluding hydrogens is 395 g/mol. The van der Waals surface area contributed by atoms with Crippen LogP contribution in [0.2, 0.25) is 0 Å². The molecule has 1 atom stereocenters. The molecular formula is C22H20F3N3O2. The van der Waals surface area contributed by atoms with Gasteiger partial charge in [0.05, 0.1) is 23.7 Å². The van der Waals surface area contributed by atoms with Crippen molar-refractivity contribution < 1.29 is 22.8 Å². The average Bonchev–Trinajstić information content (AvgIpc) is 3.21. The standard InChI is InChI=1S/C22H20F3N3O2/c1-13-6-7-17-15(10-13)14(12-27-17)8-9-26-18-11-20(29)28(21(18)30)19-5-3-2-4-16(19)22(23,24)25/h2-7,10,12,18,26-27H,8-9,11H2,1H3. The van der Waals surface area contributed by atoms with Crippen LogP contribution in [0.1, 0.15) is 23.1 Å². The lowest BCUT2D eigenvalue weighted by atomic mass is 10.1. The Morgan fingerprint density at radius 1 is 1.17 bits per heavy atom. The van der Waals surface area contributed by atoms with Crippen LogP contribution in [0.3, 0.4) is 0 Å². The van der Waals surface area contributed by atoms with Gasteiger partial charge in [-0.05, 0) is 43.2 Å². The lowest BCUT2D eigenvalue weighted by Crippen LogP contribution is -2.40. The molecule has 1 aliphatic rings. The van der Waals surface area contributed by atoms with Crippen molar-refractivity contribution in [1.82, 2.24) is 10.3 Å². The number of carbonyl (C=O) groups excluding carboxylic acids is 2. The molecule has 30 heavy (non-hydrogen) atoms. The number of amides is 2. The largest absolute Gasteiger partial charge is 0.418 e. The zero-order valence-electron chi connectivity index (χ0n) is 16.2. The monoisotopic (exact) mass is 415 g/mol. The molecule has 1 aromatic heterocycles. The van der Waals surface area contributed by atoms with Gasteiger partial charge in [0.2, 0.25) is 5.91 Å². The summed E-state index contributed by atoms with van der Waals surface area (Å²) in [7, 11) is 0.